The quantitative estimate of drug-likeness (QED) is 0.774. The SMILES string of the molecule is OCc1cc2cc(c1Br)CO2. The maximum atomic E-state index is 8.91. The van der Waals surface area contributed by atoms with Crippen LogP contribution in [-0.2, 0) is 13.2 Å². The number of ether oxygens (including phenoxy) is 1. The molecule has 58 valence electrons. The van der Waals surface area contributed by atoms with Gasteiger partial charge in [-0.2, -0.15) is 0 Å². The van der Waals surface area contributed by atoms with E-state index in [0.717, 1.165) is 21.3 Å². The molecule has 0 unspecified atom stereocenters. The van der Waals surface area contributed by atoms with E-state index in [9.17, 15) is 0 Å². The molecule has 1 N–H and O–H groups in total. The van der Waals surface area contributed by atoms with Crippen molar-refractivity contribution >= 4 is 15.9 Å². The maximum Gasteiger partial charge on any atom is 0.120 e. The Morgan fingerprint density at radius 3 is 3.09 bits per heavy atom. The van der Waals surface area contributed by atoms with Crippen molar-refractivity contribution in [3.05, 3.63) is 27.7 Å². The van der Waals surface area contributed by atoms with Gasteiger partial charge in [-0.25, -0.2) is 0 Å². The van der Waals surface area contributed by atoms with Gasteiger partial charge in [-0.3, -0.25) is 0 Å². The highest BCUT2D eigenvalue weighted by Gasteiger charge is 2.14. The summed E-state index contributed by atoms with van der Waals surface area (Å²) in [6.45, 7) is 0.681. The Morgan fingerprint density at radius 2 is 2.36 bits per heavy atom. The lowest BCUT2D eigenvalue weighted by Gasteiger charge is -1.99. The standard InChI is InChI=1S/C8H7BrO2/c9-8-5(3-10)1-7-2-6(8)4-11-7/h1-2,10H,3-4H2. The molecule has 2 nitrogen and oxygen atoms in total. The van der Waals surface area contributed by atoms with Crippen LogP contribution in [0.1, 0.15) is 11.1 Å². The molecule has 1 aromatic rings. The smallest absolute Gasteiger partial charge is 0.120 e. The highest BCUT2D eigenvalue weighted by molar-refractivity contribution is 9.10. The summed E-state index contributed by atoms with van der Waals surface area (Å²) in [6, 6.07) is 3.82. The zero-order valence-electron chi connectivity index (χ0n) is 5.80. The summed E-state index contributed by atoms with van der Waals surface area (Å²) in [5.41, 5.74) is 2.02. The molecular formula is C8H7BrO2. The van der Waals surface area contributed by atoms with Crippen molar-refractivity contribution in [3.8, 4) is 5.75 Å². The number of aliphatic hydroxyl groups excluding tert-OH is 1. The second-order valence-electron chi connectivity index (χ2n) is 2.50. The molecule has 11 heavy (non-hydrogen) atoms. The second-order valence-corrected chi connectivity index (χ2v) is 3.30. The summed E-state index contributed by atoms with van der Waals surface area (Å²) in [6.07, 6.45) is 0. The van der Waals surface area contributed by atoms with Gasteiger partial charge in [0.15, 0.2) is 0 Å². The minimum absolute atomic E-state index is 0.0603. The second kappa shape index (κ2) is 2.50. The minimum atomic E-state index is 0.0603. The van der Waals surface area contributed by atoms with Crippen LogP contribution in [0.2, 0.25) is 0 Å². The van der Waals surface area contributed by atoms with Crippen LogP contribution in [0, 0.1) is 0 Å². The van der Waals surface area contributed by atoms with Gasteiger partial charge in [-0.1, -0.05) is 15.9 Å². The molecule has 1 aromatic carbocycles. The van der Waals surface area contributed by atoms with Crippen LogP contribution in [0.4, 0.5) is 0 Å². The van der Waals surface area contributed by atoms with Crippen molar-refractivity contribution < 1.29 is 9.84 Å². The predicted molar refractivity (Wildman–Crippen MR) is 44.4 cm³/mol. The topological polar surface area (TPSA) is 29.5 Å². The van der Waals surface area contributed by atoms with Crippen molar-refractivity contribution in [1.82, 2.24) is 0 Å². The van der Waals surface area contributed by atoms with E-state index < -0.39 is 0 Å². The van der Waals surface area contributed by atoms with E-state index >= 15 is 0 Å². The first-order valence-corrected chi connectivity index (χ1v) is 4.15. The molecule has 0 amide bonds. The average Bonchev–Trinajstić information content (AvgIpc) is 2.42. The van der Waals surface area contributed by atoms with E-state index in [-0.39, 0.29) is 6.61 Å². The molecule has 0 atom stereocenters. The summed E-state index contributed by atoms with van der Waals surface area (Å²) in [5, 5.41) is 8.91. The van der Waals surface area contributed by atoms with Gasteiger partial charge in [0.05, 0.1) is 6.61 Å². The lowest BCUT2D eigenvalue weighted by Crippen LogP contribution is -1.86. The van der Waals surface area contributed by atoms with E-state index in [1.165, 1.54) is 0 Å². The number of rotatable bonds is 1. The number of hydrogen-bond acceptors (Lipinski definition) is 2. The molecule has 0 saturated carbocycles. The van der Waals surface area contributed by atoms with E-state index in [1.54, 1.807) is 0 Å². The first-order chi connectivity index (χ1) is 5.31. The zero-order valence-corrected chi connectivity index (χ0v) is 7.39. The van der Waals surface area contributed by atoms with Crippen molar-refractivity contribution in [2.45, 2.75) is 13.2 Å². The number of hydrogen-bond donors (Lipinski definition) is 1. The van der Waals surface area contributed by atoms with E-state index in [2.05, 4.69) is 15.9 Å². The lowest BCUT2D eigenvalue weighted by atomic mass is 10.1. The van der Waals surface area contributed by atoms with Gasteiger partial charge in [-0.05, 0) is 17.7 Å². The molecule has 0 aromatic heterocycles. The summed E-state index contributed by atoms with van der Waals surface area (Å²) >= 11 is 3.39. The largest absolute Gasteiger partial charge is 0.489 e. The number of benzene rings is 1. The molecule has 1 aliphatic heterocycles. The fraction of sp³-hybridized carbons (Fsp3) is 0.250. The van der Waals surface area contributed by atoms with Gasteiger partial charge < -0.3 is 9.84 Å². The molecule has 1 aliphatic rings. The van der Waals surface area contributed by atoms with Gasteiger partial charge >= 0.3 is 0 Å². The Kier molecular flexibility index (Phi) is 1.62. The molecule has 1 heterocycles. The fourth-order valence-corrected chi connectivity index (χ4v) is 1.65. The molecular weight excluding hydrogens is 208 g/mol. The Bertz CT molecular complexity index is 296. The number of aliphatic hydroxyl groups is 1. The van der Waals surface area contributed by atoms with Gasteiger partial charge in [-0.15, -0.1) is 0 Å². The average molecular weight is 215 g/mol. The van der Waals surface area contributed by atoms with Gasteiger partial charge in [0.1, 0.15) is 12.4 Å². The van der Waals surface area contributed by atoms with Crippen LogP contribution in [0.5, 0.6) is 5.75 Å². The molecule has 0 aliphatic carbocycles. The third-order valence-corrected chi connectivity index (χ3v) is 2.78. The summed E-state index contributed by atoms with van der Waals surface area (Å²) < 4.78 is 6.24. The Balaban J connectivity index is 2.58. The van der Waals surface area contributed by atoms with Crippen LogP contribution in [-0.4, -0.2) is 5.11 Å². The number of fused-ring (bicyclic) bond motifs is 2. The Hall–Kier alpha value is -0.540. The van der Waals surface area contributed by atoms with Crippen LogP contribution in [0.15, 0.2) is 16.6 Å². The molecule has 0 fully saturated rings. The molecule has 2 bridgehead atoms. The minimum Gasteiger partial charge on any atom is -0.489 e. The van der Waals surface area contributed by atoms with E-state index in [0.29, 0.717) is 6.61 Å². The molecule has 3 heteroatoms. The van der Waals surface area contributed by atoms with Gasteiger partial charge in [0.2, 0.25) is 0 Å². The van der Waals surface area contributed by atoms with Crippen LogP contribution < -0.4 is 4.74 Å². The Labute approximate surface area is 72.9 Å². The molecule has 0 saturated heterocycles. The predicted octanol–water partition coefficient (Wildman–Crippen LogP) is 1.83. The molecule has 0 spiro atoms. The van der Waals surface area contributed by atoms with Crippen LogP contribution in [0.25, 0.3) is 0 Å². The normalized spacial score (nSPS) is 13.3. The monoisotopic (exact) mass is 214 g/mol. The maximum absolute atomic E-state index is 8.91. The van der Waals surface area contributed by atoms with Gasteiger partial charge in [0, 0.05) is 10.0 Å². The highest BCUT2D eigenvalue weighted by Crippen LogP contribution is 2.32. The van der Waals surface area contributed by atoms with Crippen molar-refractivity contribution in [1.29, 1.82) is 0 Å². The zero-order chi connectivity index (χ0) is 7.84. The molecule has 0 radical (unpaired) electrons. The third kappa shape index (κ3) is 1.04. The third-order valence-electron chi connectivity index (χ3n) is 1.76. The van der Waals surface area contributed by atoms with Crippen molar-refractivity contribution in [2.75, 3.05) is 0 Å². The fourth-order valence-electron chi connectivity index (χ4n) is 1.18. The summed E-state index contributed by atoms with van der Waals surface area (Å²) in [4.78, 5) is 0. The first-order valence-electron chi connectivity index (χ1n) is 3.36. The Morgan fingerprint density at radius 1 is 1.55 bits per heavy atom. The van der Waals surface area contributed by atoms with Crippen LogP contribution in [0.3, 0.4) is 0 Å². The molecule has 2 rings (SSSR count). The van der Waals surface area contributed by atoms with Crippen LogP contribution >= 0.6 is 15.9 Å². The number of halogens is 1. The van der Waals surface area contributed by atoms with E-state index in [1.807, 2.05) is 12.1 Å². The summed E-state index contributed by atoms with van der Waals surface area (Å²) in [7, 11) is 0. The summed E-state index contributed by atoms with van der Waals surface area (Å²) in [5.74, 6) is 0.854. The lowest BCUT2D eigenvalue weighted by molar-refractivity contribution is 0.280. The van der Waals surface area contributed by atoms with Crippen molar-refractivity contribution in [3.63, 3.8) is 0 Å². The van der Waals surface area contributed by atoms with E-state index in [4.69, 9.17) is 9.84 Å². The highest BCUT2D eigenvalue weighted by atomic mass is 79.9. The van der Waals surface area contributed by atoms with Gasteiger partial charge in [0.25, 0.3) is 0 Å². The first kappa shape index (κ1) is 7.13. The van der Waals surface area contributed by atoms with Crippen molar-refractivity contribution in [2.24, 2.45) is 0 Å².